The van der Waals surface area contributed by atoms with Gasteiger partial charge in [0.2, 0.25) is 11.8 Å². The first-order chi connectivity index (χ1) is 16.4. The van der Waals surface area contributed by atoms with Crippen molar-refractivity contribution in [3.8, 4) is 0 Å². The molecule has 1 N–H and O–H groups in total. The first-order valence-corrected chi connectivity index (χ1v) is 13.0. The van der Waals surface area contributed by atoms with Gasteiger partial charge in [0, 0.05) is 40.8 Å². The lowest BCUT2D eigenvalue weighted by Gasteiger charge is -2.31. The molecule has 0 aliphatic carbocycles. The molecule has 0 saturated heterocycles. The van der Waals surface area contributed by atoms with Crippen LogP contribution in [0.2, 0.25) is 15.1 Å². The lowest BCUT2D eigenvalue weighted by Crippen LogP contribution is -2.50. The number of hydrogen-bond donors (Lipinski definition) is 1. The first kappa shape index (κ1) is 26.4. The molecule has 3 aromatic rings. The van der Waals surface area contributed by atoms with E-state index in [0.717, 1.165) is 16.7 Å². The van der Waals surface area contributed by atoms with Crippen molar-refractivity contribution in [2.75, 3.05) is 12.8 Å². The van der Waals surface area contributed by atoms with E-state index in [0.29, 0.717) is 27.2 Å². The summed E-state index contributed by atoms with van der Waals surface area (Å²) in [4.78, 5) is 28.0. The Morgan fingerprint density at radius 2 is 1.62 bits per heavy atom. The highest BCUT2D eigenvalue weighted by atomic mass is 35.5. The maximum atomic E-state index is 13.5. The monoisotopic (exact) mass is 534 g/mol. The van der Waals surface area contributed by atoms with Crippen LogP contribution in [0.1, 0.15) is 16.7 Å². The van der Waals surface area contributed by atoms with Crippen molar-refractivity contribution >= 4 is 58.4 Å². The van der Waals surface area contributed by atoms with Crippen LogP contribution in [-0.2, 0) is 28.3 Å². The number of nitrogens with zero attached hydrogens (tertiary/aromatic N) is 1. The first-order valence-electron chi connectivity index (χ1n) is 10.7. The van der Waals surface area contributed by atoms with Gasteiger partial charge in [-0.15, -0.1) is 11.8 Å². The molecular formula is C26H25Cl3N2O2S. The third-order valence-electron chi connectivity index (χ3n) is 5.26. The van der Waals surface area contributed by atoms with E-state index in [2.05, 4.69) is 5.32 Å². The zero-order valence-electron chi connectivity index (χ0n) is 18.6. The largest absolute Gasteiger partial charge is 0.357 e. The van der Waals surface area contributed by atoms with Gasteiger partial charge in [-0.3, -0.25) is 9.59 Å². The highest BCUT2D eigenvalue weighted by molar-refractivity contribution is 7.99. The van der Waals surface area contributed by atoms with Gasteiger partial charge in [0.1, 0.15) is 6.04 Å². The van der Waals surface area contributed by atoms with E-state index in [9.17, 15) is 9.59 Å². The number of thioether (sulfide) groups is 1. The van der Waals surface area contributed by atoms with Gasteiger partial charge in [-0.1, -0.05) is 83.3 Å². The number of hydrogen-bond acceptors (Lipinski definition) is 3. The third kappa shape index (κ3) is 7.67. The minimum atomic E-state index is -0.696. The Kier molecular flexibility index (Phi) is 10.1. The standard InChI is InChI=1S/C26H25Cl3N2O2S/c1-30-26(33)24(13-18-6-3-2-4-7-18)31(15-20-10-11-22(28)14-23(20)29)25(32)17-34-16-19-8-5-9-21(27)12-19/h2-12,14,24H,13,15-17H2,1H3,(H,30,33)/t24-/m1/s1. The zero-order chi connectivity index (χ0) is 24.5. The van der Waals surface area contributed by atoms with Crippen LogP contribution >= 0.6 is 46.6 Å². The Bertz CT molecular complexity index is 1130. The quantitative estimate of drug-likeness (QED) is 0.333. The third-order valence-corrected chi connectivity index (χ3v) is 7.07. The molecule has 0 heterocycles. The van der Waals surface area contributed by atoms with Gasteiger partial charge in [-0.05, 0) is 41.0 Å². The number of amides is 2. The van der Waals surface area contributed by atoms with Crippen LogP contribution in [0.5, 0.6) is 0 Å². The Morgan fingerprint density at radius 1 is 0.912 bits per heavy atom. The molecule has 1 atom stereocenters. The van der Waals surface area contributed by atoms with Crippen molar-refractivity contribution < 1.29 is 9.59 Å². The lowest BCUT2D eigenvalue weighted by molar-refractivity contribution is -0.139. The normalized spacial score (nSPS) is 11.6. The molecule has 0 spiro atoms. The molecule has 0 saturated carbocycles. The van der Waals surface area contributed by atoms with Crippen molar-refractivity contribution in [3.63, 3.8) is 0 Å². The zero-order valence-corrected chi connectivity index (χ0v) is 21.7. The van der Waals surface area contributed by atoms with E-state index >= 15 is 0 Å². The van der Waals surface area contributed by atoms with E-state index in [4.69, 9.17) is 34.8 Å². The summed E-state index contributed by atoms with van der Waals surface area (Å²) in [5.41, 5.74) is 2.72. The van der Waals surface area contributed by atoms with Gasteiger partial charge >= 0.3 is 0 Å². The summed E-state index contributed by atoms with van der Waals surface area (Å²) in [6.45, 7) is 0.192. The van der Waals surface area contributed by atoms with Gasteiger partial charge in [-0.25, -0.2) is 0 Å². The summed E-state index contributed by atoms with van der Waals surface area (Å²) in [6.07, 6.45) is 0.385. The van der Waals surface area contributed by atoms with Crippen LogP contribution in [0.4, 0.5) is 0 Å². The molecule has 2 amide bonds. The molecular weight excluding hydrogens is 511 g/mol. The molecule has 0 radical (unpaired) electrons. The van der Waals surface area contributed by atoms with Crippen LogP contribution in [0.3, 0.4) is 0 Å². The molecule has 3 aromatic carbocycles. The number of likely N-dealkylation sites (N-methyl/N-ethyl adjacent to an activating group) is 1. The molecule has 8 heteroatoms. The van der Waals surface area contributed by atoms with Crippen molar-refractivity contribution in [3.05, 3.63) is 105 Å². The van der Waals surface area contributed by atoms with Crippen LogP contribution in [0.15, 0.2) is 72.8 Å². The minimum absolute atomic E-state index is 0.150. The van der Waals surface area contributed by atoms with E-state index in [1.165, 1.54) is 11.8 Å². The Labute approximate surface area is 219 Å². The molecule has 0 aliphatic rings. The summed E-state index contributed by atoms with van der Waals surface area (Å²) in [6, 6.07) is 21.7. The average molecular weight is 536 g/mol. The van der Waals surface area contributed by atoms with Crippen LogP contribution in [0.25, 0.3) is 0 Å². The summed E-state index contributed by atoms with van der Waals surface area (Å²) < 4.78 is 0. The number of carbonyl (C=O) groups excluding carboxylic acids is 2. The second kappa shape index (κ2) is 13.1. The maximum Gasteiger partial charge on any atom is 0.242 e. The van der Waals surface area contributed by atoms with Gasteiger partial charge in [0.05, 0.1) is 5.75 Å². The molecule has 4 nitrogen and oxygen atoms in total. The molecule has 0 aromatic heterocycles. The Morgan fingerprint density at radius 3 is 2.29 bits per heavy atom. The number of rotatable bonds is 10. The molecule has 178 valence electrons. The van der Waals surface area contributed by atoms with Gasteiger partial charge in [0.25, 0.3) is 0 Å². The fourth-order valence-corrected chi connectivity index (χ4v) is 5.06. The smallest absolute Gasteiger partial charge is 0.242 e. The van der Waals surface area contributed by atoms with Gasteiger partial charge < -0.3 is 10.2 Å². The topological polar surface area (TPSA) is 49.4 Å². The summed E-state index contributed by atoms with van der Waals surface area (Å²) in [5.74, 6) is 0.454. The molecule has 34 heavy (non-hydrogen) atoms. The van der Waals surface area contributed by atoms with E-state index in [-0.39, 0.29) is 24.1 Å². The van der Waals surface area contributed by atoms with Crippen LogP contribution < -0.4 is 5.32 Å². The summed E-state index contributed by atoms with van der Waals surface area (Å²) in [5, 5.41) is 4.33. The summed E-state index contributed by atoms with van der Waals surface area (Å²) in [7, 11) is 1.58. The molecule has 3 rings (SSSR count). The highest BCUT2D eigenvalue weighted by Crippen LogP contribution is 2.25. The second-order valence-electron chi connectivity index (χ2n) is 7.70. The molecule has 0 fully saturated rings. The van der Waals surface area contributed by atoms with E-state index in [1.807, 2.05) is 54.6 Å². The van der Waals surface area contributed by atoms with Crippen molar-refractivity contribution in [2.24, 2.45) is 0 Å². The average Bonchev–Trinajstić information content (AvgIpc) is 2.82. The number of halogens is 3. The summed E-state index contributed by atoms with van der Waals surface area (Å²) >= 11 is 20.0. The van der Waals surface area contributed by atoms with Crippen molar-refractivity contribution in [2.45, 2.75) is 24.8 Å². The minimum Gasteiger partial charge on any atom is -0.357 e. The predicted octanol–water partition coefficient (Wildman–Crippen LogP) is 6.27. The fraction of sp³-hybridized carbons (Fsp3) is 0.231. The van der Waals surface area contributed by atoms with Crippen LogP contribution in [-0.4, -0.2) is 35.6 Å². The SMILES string of the molecule is CNC(=O)[C@@H](Cc1ccccc1)N(Cc1ccc(Cl)cc1Cl)C(=O)CSCc1cccc(Cl)c1. The van der Waals surface area contributed by atoms with E-state index in [1.54, 1.807) is 30.1 Å². The molecule has 0 unspecified atom stereocenters. The van der Waals surface area contributed by atoms with Crippen molar-refractivity contribution in [1.29, 1.82) is 0 Å². The van der Waals surface area contributed by atoms with Gasteiger partial charge in [0.15, 0.2) is 0 Å². The Hall–Kier alpha value is -2.18. The van der Waals surface area contributed by atoms with E-state index < -0.39 is 6.04 Å². The fourth-order valence-electron chi connectivity index (χ4n) is 3.52. The number of carbonyl (C=O) groups is 2. The second-order valence-corrected chi connectivity index (χ2v) is 9.97. The molecule has 0 bridgehead atoms. The molecule has 0 aliphatic heterocycles. The van der Waals surface area contributed by atoms with Crippen LogP contribution in [0, 0.1) is 0 Å². The highest BCUT2D eigenvalue weighted by Gasteiger charge is 2.30. The Balaban J connectivity index is 1.84. The lowest BCUT2D eigenvalue weighted by atomic mass is 10.0. The predicted molar refractivity (Wildman–Crippen MR) is 143 cm³/mol. The van der Waals surface area contributed by atoms with Crippen molar-refractivity contribution in [1.82, 2.24) is 10.2 Å². The number of nitrogens with one attached hydrogen (secondary N) is 1. The number of benzene rings is 3. The van der Waals surface area contributed by atoms with Gasteiger partial charge in [-0.2, -0.15) is 0 Å². The maximum absolute atomic E-state index is 13.5.